The fourth-order valence-corrected chi connectivity index (χ4v) is 3.10. The number of amides is 1. The molecular formula is C14H26N2O3. The Morgan fingerprint density at radius 3 is 2.53 bits per heavy atom. The lowest BCUT2D eigenvalue weighted by atomic mass is 10.0. The van der Waals surface area contributed by atoms with Crippen molar-refractivity contribution in [3.05, 3.63) is 0 Å². The van der Waals surface area contributed by atoms with E-state index in [0.717, 1.165) is 39.0 Å². The minimum absolute atomic E-state index is 0.0476. The van der Waals surface area contributed by atoms with Crippen LogP contribution in [0, 0.1) is 5.92 Å². The SMILES string of the molecule is CCC(CO)N1CCN(C(=O)C2CCOC2C)CC1. The zero-order valence-electron chi connectivity index (χ0n) is 12.0. The topological polar surface area (TPSA) is 53.0 Å². The summed E-state index contributed by atoms with van der Waals surface area (Å²) in [5, 5.41) is 9.32. The summed E-state index contributed by atoms with van der Waals surface area (Å²) in [5.41, 5.74) is 0. The van der Waals surface area contributed by atoms with Gasteiger partial charge in [-0.25, -0.2) is 0 Å². The quantitative estimate of drug-likeness (QED) is 0.800. The van der Waals surface area contributed by atoms with Crippen molar-refractivity contribution in [2.75, 3.05) is 39.4 Å². The number of carbonyl (C=O) groups excluding carboxylic acids is 1. The molecule has 3 atom stereocenters. The monoisotopic (exact) mass is 270 g/mol. The number of ether oxygens (including phenoxy) is 1. The molecule has 2 saturated heterocycles. The Bertz CT molecular complexity index is 299. The molecule has 0 saturated carbocycles. The Labute approximate surface area is 115 Å². The molecule has 0 aliphatic carbocycles. The molecule has 0 aromatic carbocycles. The Balaban J connectivity index is 1.84. The van der Waals surface area contributed by atoms with Gasteiger partial charge in [-0.05, 0) is 19.8 Å². The number of hydrogen-bond acceptors (Lipinski definition) is 4. The molecule has 2 aliphatic heterocycles. The van der Waals surface area contributed by atoms with Gasteiger partial charge in [-0.2, -0.15) is 0 Å². The highest BCUT2D eigenvalue weighted by atomic mass is 16.5. The molecule has 1 amide bonds. The van der Waals surface area contributed by atoms with E-state index in [2.05, 4.69) is 11.8 Å². The van der Waals surface area contributed by atoms with E-state index in [-0.39, 0.29) is 30.6 Å². The van der Waals surface area contributed by atoms with Gasteiger partial charge in [0.15, 0.2) is 0 Å². The van der Waals surface area contributed by atoms with Gasteiger partial charge in [-0.3, -0.25) is 9.69 Å². The van der Waals surface area contributed by atoms with Gasteiger partial charge in [0.25, 0.3) is 0 Å². The van der Waals surface area contributed by atoms with E-state index in [1.807, 2.05) is 11.8 Å². The van der Waals surface area contributed by atoms with Crippen LogP contribution >= 0.6 is 0 Å². The molecule has 2 heterocycles. The van der Waals surface area contributed by atoms with Crippen molar-refractivity contribution in [3.63, 3.8) is 0 Å². The molecule has 3 unspecified atom stereocenters. The number of carbonyl (C=O) groups is 1. The molecule has 5 nitrogen and oxygen atoms in total. The van der Waals surface area contributed by atoms with Crippen molar-refractivity contribution in [2.24, 2.45) is 5.92 Å². The van der Waals surface area contributed by atoms with Gasteiger partial charge in [0.1, 0.15) is 0 Å². The first-order chi connectivity index (χ1) is 9.17. The van der Waals surface area contributed by atoms with E-state index < -0.39 is 0 Å². The lowest BCUT2D eigenvalue weighted by Crippen LogP contribution is -2.54. The zero-order valence-corrected chi connectivity index (χ0v) is 12.0. The van der Waals surface area contributed by atoms with E-state index in [1.165, 1.54) is 0 Å². The van der Waals surface area contributed by atoms with Crippen molar-refractivity contribution < 1.29 is 14.6 Å². The zero-order chi connectivity index (χ0) is 13.8. The molecule has 2 rings (SSSR count). The Morgan fingerprint density at radius 1 is 1.37 bits per heavy atom. The van der Waals surface area contributed by atoms with E-state index in [0.29, 0.717) is 6.61 Å². The fourth-order valence-electron chi connectivity index (χ4n) is 3.10. The normalized spacial score (nSPS) is 30.6. The Kier molecular flexibility index (Phi) is 5.19. The van der Waals surface area contributed by atoms with Crippen molar-refractivity contribution in [2.45, 2.75) is 38.8 Å². The minimum Gasteiger partial charge on any atom is -0.395 e. The summed E-state index contributed by atoms with van der Waals surface area (Å²) in [6.07, 6.45) is 1.87. The van der Waals surface area contributed by atoms with Crippen LogP contribution in [0.2, 0.25) is 0 Å². The number of rotatable bonds is 4. The predicted octanol–water partition coefficient (Wildman–Crippen LogP) is 0.327. The molecule has 19 heavy (non-hydrogen) atoms. The maximum absolute atomic E-state index is 12.4. The second-order valence-corrected chi connectivity index (χ2v) is 5.58. The van der Waals surface area contributed by atoms with Crippen LogP contribution in [0.5, 0.6) is 0 Å². The van der Waals surface area contributed by atoms with Crippen LogP contribution in [0.3, 0.4) is 0 Å². The fraction of sp³-hybridized carbons (Fsp3) is 0.929. The molecular weight excluding hydrogens is 244 g/mol. The second-order valence-electron chi connectivity index (χ2n) is 5.58. The largest absolute Gasteiger partial charge is 0.395 e. The predicted molar refractivity (Wildman–Crippen MR) is 72.8 cm³/mol. The highest BCUT2D eigenvalue weighted by molar-refractivity contribution is 5.79. The van der Waals surface area contributed by atoms with Crippen molar-refractivity contribution in [1.29, 1.82) is 0 Å². The van der Waals surface area contributed by atoms with Crippen LogP contribution in [-0.2, 0) is 9.53 Å². The van der Waals surface area contributed by atoms with Crippen LogP contribution in [0.25, 0.3) is 0 Å². The number of aliphatic hydroxyl groups excluding tert-OH is 1. The van der Waals surface area contributed by atoms with Crippen LogP contribution < -0.4 is 0 Å². The first kappa shape index (κ1) is 14.8. The van der Waals surface area contributed by atoms with E-state index in [4.69, 9.17) is 4.74 Å². The molecule has 2 aliphatic rings. The molecule has 110 valence electrons. The second kappa shape index (κ2) is 6.68. The van der Waals surface area contributed by atoms with Crippen LogP contribution in [0.15, 0.2) is 0 Å². The average molecular weight is 270 g/mol. The van der Waals surface area contributed by atoms with Gasteiger partial charge in [0.05, 0.1) is 18.6 Å². The van der Waals surface area contributed by atoms with Gasteiger partial charge in [0.2, 0.25) is 5.91 Å². The summed E-state index contributed by atoms with van der Waals surface area (Å²) in [5.74, 6) is 0.299. The summed E-state index contributed by atoms with van der Waals surface area (Å²) < 4.78 is 5.48. The molecule has 0 aromatic rings. The van der Waals surface area contributed by atoms with Gasteiger partial charge in [-0.15, -0.1) is 0 Å². The summed E-state index contributed by atoms with van der Waals surface area (Å²) in [4.78, 5) is 16.7. The number of hydrogen-bond donors (Lipinski definition) is 1. The van der Waals surface area contributed by atoms with Gasteiger partial charge in [0, 0.05) is 38.8 Å². The maximum Gasteiger partial charge on any atom is 0.228 e. The van der Waals surface area contributed by atoms with E-state index >= 15 is 0 Å². The lowest BCUT2D eigenvalue weighted by Gasteiger charge is -2.39. The molecule has 0 aromatic heterocycles. The highest BCUT2D eigenvalue weighted by Crippen LogP contribution is 2.23. The van der Waals surface area contributed by atoms with Crippen molar-refractivity contribution in [1.82, 2.24) is 9.80 Å². The smallest absolute Gasteiger partial charge is 0.228 e. The third kappa shape index (κ3) is 3.27. The van der Waals surface area contributed by atoms with Crippen LogP contribution in [-0.4, -0.2) is 72.4 Å². The van der Waals surface area contributed by atoms with Crippen molar-refractivity contribution >= 4 is 5.91 Å². The standard InChI is InChI=1S/C14H26N2O3/c1-3-12(10-17)15-5-7-16(8-6-15)14(18)13-4-9-19-11(13)2/h11-13,17H,3-10H2,1-2H3. The third-order valence-electron chi connectivity index (χ3n) is 4.52. The van der Waals surface area contributed by atoms with E-state index in [9.17, 15) is 9.90 Å². The number of aliphatic hydroxyl groups is 1. The van der Waals surface area contributed by atoms with Gasteiger partial charge >= 0.3 is 0 Å². The first-order valence-electron chi connectivity index (χ1n) is 7.42. The molecule has 2 fully saturated rings. The summed E-state index contributed by atoms with van der Waals surface area (Å²) in [7, 11) is 0. The third-order valence-corrected chi connectivity index (χ3v) is 4.52. The molecule has 1 N–H and O–H groups in total. The van der Waals surface area contributed by atoms with Crippen molar-refractivity contribution in [3.8, 4) is 0 Å². The lowest BCUT2D eigenvalue weighted by molar-refractivity contribution is -0.139. The summed E-state index contributed by atoms with van der Waals surface area (Å²) >= 11 is 0. The van der Waals surface area contributed by atoms with Gasteiger partial charge < -0.3 is 14.7 Å². The molecule has 0 radical (unpaired) electrons. The van der Waals surface area contributed by atoms with Crippen LogP contribution in [0.4, 0.5) is 0 Å². The van der Waals surface area contributed by atoms with E-state index in [1.54, 1.807) is 0 Å². The average Bonchev–Trinajstić information content (AvgIpc) is 2.86. The Morgan fingerprint density at radius 2 is 2.05 bits per heavy atom. The first-order valence-corrected chi connectivity index (χ1v) is 7.42. The van der Waals surface area contributed by atoms with Crippen LogP contribution in [0.1, 0.15) is 26.7 Å². The molecule has 0 bridgehead atoms. The summed E-state index contributed by atoms with van der Waals surface area (Å²) in [6.45, 7) is 8.29. The highest BCUT2D eigenvalue weighted by Gasteiger charge is 2.35. The maximum atomic E-state index is 12.4. The molecule has 0 spiro atoms. The molecule has 5 heteroatoms. The van der Waals surface area contributed by atoms with Gasteiger partial charge in [-0.1, -0.05) is 6.92 Å². The minimum atomic E-state index is 0.0476. The summed E-state index contributed by atoms with van der Waals surface area (Å²) in [6, 6.07) is 0.242. The number of piperazine rings is 1. The number of nitrogens with zero attached hydrogens (tertiary/aromatic N) is 2. The Hall–Kier alpha value is -0.650.